The fourth-order valence-electron chi connectivity index (χ4n) is 2.34. The minimum Gasteiger partial charge on any atom is -0.455 e. The first-order valence-electron chi connectivity index (χ1n) is 7.53. The number of nitrogens with one attached hydrogen (secondary N) is 1. The minimum atomic E-state index is -4.54. The molecule has 9 heteroatoms. The summed E-state index contributed by atoms with van der Waals surface area (Å²) in [5.41, 5.74) is 1.67. The Morgan fingerprint density at radius 2 is 1.92 bits per heavy atom. The van der Waals surface area contributed by atoms with Crippen LogP contribution in [0.15, 0.2) is 24.3 Å². The van der Waals surface area contributed by atoms with Crippen molar-refractivity contribution in [1.82, 2.24) is 5.32 Å². The largest absolute Gasteiger partial charge is 0.455 e. The van der Waals surface area contributed by atoms with Crippen molar-refractivity contribution in [1.29, 1.82) is 0 Å². The second-order valence-electron chi connectivity index (χ2n) is 5.74. The Hall–Kier alpha value is -2.58. The van der Waals surface area contributed by atoms with Gasteiger partial charge in [-0.2, -0.15) is 13.2 Å². The summed E-state index contributed by atoms with van der Waals surface area (Å²) in [6.45, 7) is -0.304. The highest BCUT2D eigenvalue weighted by molar-refractivity contribution is 5.99. The van der Waals surface area contributed by atoms with Gasteiger partial charge in [0.15, 0.2) is 6.61 Å². The summed E-state index contributed by atoms with van der Waals surface area (Å²) in [5.74, 6) is -2.85. The highest BCUT2D eigenvalue weighted by Crippen LogP contribution is 2.26. The lowest BCUT2D eigenvalue weighted by molar-refractivity contribution is -0.154. The lowest BCUT2D eigenvalue weighted by atomic mass is 10.1. The topological polar surface area (TPSA) is 75.7 Å². The Balaban J connectivity index is 1.84. The summed E-state index contributed by atoms with van der Waals surface area (Å²) in [6.07, 6.45) is -4.61. The number of hydrogen-bond donors (Lipinski definition) is 1. The molecule has 2 amide bonds. The van der Waals surface area contributed by atoms with E-state index in [2.05, 4.69) is 0 Å². The zero-order valence-electron chi connectivity index (χ0n) is 13.4. The van der Waals surface area contributed by atoms with Gasteiger partial charge in [-0.1, -0.05) is 17.7 Å². The average molecular weight is 358 g/mol. The molecule has 1 aliphatic rings. The number of ether oxygens (including phenoxy) is 1. The number of carbonyl (C=O) groups is 3. The Kier molecular flexibility index (Phi) is 5.66. The number of esters is 1. The normalized spacial score (nSPS) is 17.5. The maximum Gasteiger partial charge on any atom is 0.405 e. The predicted octanol–water partition coefficient (Wildman–Crippen LogP) is 1.57. The first-order chi connectivity index (χ1) is 11.7. The van der Waals surface area contributed by atoms with Gasteiger partial charge in [0.2, 0.25) is 5.91 Å². The number of rotatable bonds is 5. The van der Waals surface area contributed by atoms with E-state index in [1.807, 2.05) is 19.1 Å². The van der Waals surface area contributed by atoms with Gasteiger partial charge in [0.05, 0.1) is 5.92 Å². The van der Waals surface area contributed by atoms with Crippen molar-refractivity contribution in [3.8, 4) is 0 Å². The smallest absolute Gasteiger partial charge is 0.405 e. The molecule has 1 aromatic rings. The fourth-order valence-corrected chi connectivity index (χ4v) is 2.34. The third-order valence-corrected chi connectivity index (χ3v) is 3.64. The first-order valence-corrected chi connectivity index (χ1v) is 7.53. The van der Waals surface area contributed by atoms with Crippen molar-refractivity contribution >= 4 is 23.5 Å². The number of alkyl halides is 3. The van der Waals surface area contributed by atoms with E-state index in [1.54, 1.807) is 17.4 Å². The molecular weight excluding hydrogens is 341 g/mol. The van der Waals surface area contributed by atoms with Gasteiger partial charge in [0.1, 0.15) is 6.54 Å². The zero-order valence-corrected chi connectivity index (χ0v) is 13.4. The van der Waals surface area contributed by atoms with Gasteiger partial charge in [-0.3, -0.25) is 14.4 Å². The van der Waals surface area contributed by atoms with Crippen LogP contribution in [-0.2, 0) is 19.1 Å². The van der Waals surface area contributed by atoms with Crippen LogP contribution in [0.2, 0.25) is 0 Å². The van der Waals surface area contributed by atoms with Gasteiger partial charge >= 0.3 is 12.1 Å². The molecule has 0 aromatic heterocycles. The maximum atomic E-state index is 12.0. The maximum absolute atomic E-state index is 12.0. The third kappa shape index (κ3) is 5.47. The van der Waals surface area contributed by atoms with Gasteiger partial charge in [0, 0.05) is 18.7 Å². The van der Waals surface area contributed by atoms with Crippen LogP contribution in [0.25, 0.3) is 0 Å². The van der Waals surface area contributed by atoms with E-state index in [0.717, 1.165) is 5.56 Å². The standard InChI is InChI=1S/C16H17F3N2O4/c1-10-2-4-12(5-3-10)21-7-11(6-14(21)23)15(24)25-8-13(22)20-9-16(17,18)19/h2-5,11H,6-9H2,1H3,(H,20,22)/t11-/m0/s1. The molecule has 1 aliphatic heterocycles. The molecule has 1 fully saturated rings. The number of halogens is 3. The van der Waals surface area contributed by atoms with E-state index in [4.69, 9.17) is 4.74 Å². The van der Waals surface area contributed by atoms with Crippen LogP contribution in [0.3, 0.4) is 0 Å². The lowest BCUT2D eigenvalue weighted by Gasteiger charge is -2.16. The molecule has 0 spiro atoms. The molecule has 0 unspecified atom stereocenters. The van der Waals surface area contributed by atoms with Crippen molar-refractivity contribution < 1.29 is 32.3 Å². The summed E-state index contributed by atoms with van der Waals surface area (Å²) in [4.78, 5) is 36.6. The van der Waals surface area contributed by atoms with Crippen LogP contribution in [0.4, 0.5) is 18.9 Å². The highest BCUT2D eigenvalue weighted by atomic mass is 19.4. The molecule has 0 bridgehead atoms. The van der Waals surface area contributed by atoms with E-state index in [1.165, 1.54) is 4.90 Å². The molecule has 0 aliphatic carbocycles. The molecular formula is C16H17F3N2O4. The molecule has 1 saturated heterocycles. The number of anilines is 1. The van der Waals surface area contributed by atoms with Gasteiger partial charge in [-0.25, -0.2) is 0 Å². The van der Waals surface area contributed by atoms with Crippen molar-refractivity contribution in [2.75, 3.05) is 24.6 Å². The molecule has 0 radical (unpaired) electrons. The van der Waals surface area contributed by atoms with Crippen LogP contribution in [0, 0.1) is 12.8 Å². The Labute approximate surface area is 141 Å². The molecule has 25 heavy (non-hydrogen) atoms. The van der Waals surface area contributed by atoms with Crippen molar-refractivity contribution in [3.63, 3.8) is 0 Å². The monoisotopic (exact) mass is 358 g/mol. The molecule has 1 atom stereocenters. The van der Waals surface area contributed by atoms with Gasteiger partial charge in [0.25, 0.3) is 5.91 Å². The summed E-state index contributed by atoms with van der Waals surface area (Å²) >= 11 is 0. The highest BCUT2D eigenvalue weighted by Gasteiger charge is 2.36. The van der Waals surface area contributed by atoms with Gasteiger partial charge in [-0.05, 0) is 19.1 Å². The van der Waals surface area contributed by atoms with Crippen LogP contribution in [0.5, 0.6) is 0 Å². The van der Waals surface area contributed by atoms with E-state index in [-0.39, 0.29) is 18.9 Å². The quantitative estimate of drug-likeness (QED) is 0.811. The summed E-state index contributed by atoms with van der Waals surface area (Å²) in [5, 5.41) is 1.60. The van der Waals surface area contributed by atoms with Crippen LogP contribution in [-0.4, -0.2) is 43.7 Å². The molecule has 1 N–H and O–H groups in total. The summed E-state index contributed by atoms with van der Waals surface area (Å²) < 4.78 is 40.6. The molecule has 1 heterocycles. The Morgan fingerprint density at radius 3 is 2.52 bits per heavy atom. The second-order valence-corrected chi connectivity index (χ2v) is 5.74. The van der Waals surface area contributed by atoms with E-state index in [9.17, 15) is 27.6 Å². The van der Waals surface area contributed by atoms with E-state index in [0.29, 0.717) is 5.69 Å². The van der Waals surface area contributed by atoms with Gasteiger partial charge < -0.3 is 15.0 Å². The number of carbonyl (C=O) groups excluding carboxylic acids is 3. The van der Waals surface area contributed by atoms with Crippen LogP contribution >= 0.6 is 0 Å². The molecule has 6 nitrogen and oxygen atoms in total. The number of nitrogens with zero attached hydrogens (tertiary/aromatic N) is 1. The second kappa shape index (κ2) is 7.54. The molecule has 0 saturated carbocycles. The first kappa shape index (κ1) is 18.8. The molecule has 1 aromatic carbocycles. The fraction of sp³-hybridized carbons (Fsp3) is 0.438. The number of benzene rings is 1. The van der Waals surface area contributed by atoms with Crippen molar-refractivity contribution in [2.45, 2.75) is 19.5 Å². The number of hydrogen-bond acceptors (Lipinski definition) is 4. The van der Waals surface area contributed by atoms with Crippen LogP contribution < -0.4 is 10.2 Å². The number of aryl methyl sites for hydroxylation is 1. The molecule has 2 rings (SSSR count). The Morgan fingerprint density at radius 1 is 1.28 bits per heavy atom. The van der Waals surface area contributed by atoms with Crippen LogP contribution in [0.1, 0.15) is 12.0 Å². The minimum absolute atomic E-state index is 0.0725. The van der Waals surface area contributed by atoms with Crippen molar-refractivity contribution in [3.05, 3.63) is 29.8 Å². The molecule has 136 valence electrons. The Bertz CT molecular complexity index is 658. The van der Waals surface area contributed by atoms with Gasteiger partial charge in [-0.15, -0.1) is 0 Å². The average Bonchev–Trinajstić information content (AvgIpc) is 2.92. The SMILES string of the molecule is Cc1ccc(N2C[C@@H](C(=O)OCC(=O)NCC(F)(F)F)CC2=O)cc1. The number of amides is 2. The lowest BCUT2D eigenvalue weighted by Crippen LogP contribution is -2.37. The summed E-state index contributed by atoms with van der Waals surface area (Å²) in [6, 6.07) is 7.18. The predicted molar refractivity (Wildman–Crippen MR) is 81.7 cm³/mol. The third-order valence-electron chi connectivity index (χ3n) is 3.64. The summed E-state index contributed by atoms with van der Waals surface area (Å²) in [7, 11) is 0. The van der Waals surface area contributed by atoms with E-state index >= 15 is 0 Å². The van der Waals surface area contributed by atoms with E-state index < -0.39 is 37.1 Å². The zero-order chi connectivity index (χ0) is 18.6. The van der Waals surface area contributed by atoms with Crippen molar-refractivity contribution in [2.24, 2.45) is 5.92 Å².